The van der Waals surface area contributed by atoms with Gasteiger partial charge in [-0.25, -0.2) is 22.9 Å². The number of rotatable bonds is 9. The molecule has 1 aliphatic heterocycles. The van der Waals surface area contributed by atoms with Gasteiger partial charge in [-0.2, -0.15) is 22.8 Å². The summed E-state index contributed by atoms with van der Waals surface area (Å²) in [4.78, 5) is 28.1. The molecule has 5 N–H and O–H groups in total. The van der Waals surface area contributed by atoms with Crippen LogP contribution in [0.2, 0.25) is 0 Å². The first-order valence-corrected chi connectivity index (χ1v) is 13.9. The van der Waals surface area contributed by atoms with E-state index < -0.39 is 46.4 Å². The highest BCUT2D eigenvalue weighted by Crippen LogP contribution is 2.29. The van der Waals surface area contributed by atoms with Gasteiger partial charge in [0.2, 0.25) is 10.0 Å². The SMILES string of the molecule is O=C1NC(=O)/C(=C/c2cnn3c(NC4CC4)cc(N[C@H]4CC[C@H](NS(=O)(=O)CCC(F)(F)F)CC4)nc23)N1. The number of nitrogens with zero attached hydrogens (tertiary/aromatic N) is 3. The predicted molar refractivity (Wildman–Crippen MR) is 132 cm³/mol. The molecule has 206 valence electrons. The number of fused-ring (bicyclic) bond motifs is 1. The van der Waals surface area contributed by atoms with E-state index in [1.54, 1.807) is 10.7 Å². The lowest BCUT2D eigenvalue weighted by atomic mass is 9.92. The van der Waals surface area contributed by atoms with Gasteiger partial charge in [-0.1, -0.05) is 0 Å². The zero-order valence-corrected chi connectivity index (χ0v) is 21.0. The average molecular weight is 557 g/mol. The van der Waals surface area contributed by atoms with Crippen LogP contribution in [0.1, 0.15) is 50.5 Å². The molecule has 2 aromatic heterocycles. The second-order valence-corrected chi connectivity index (χ2v) is 11.6. The Morgan fingerprint density at radius 1 is 1.03 bits per heavy atom. The van der Waals surface area contributed by atoms with E-state index in [-0.39, 0.29) is 11.7 Å². The van der Waals surface area contributed by atoms with Gasteiger partial charge in [0.05, 0.1) is 18.4 Å². The van der Waals surface area contributed by atoms with Gasteiger partial charge in [0.1, 0.15) is 17.3 Å². The highest BCUT2D eigenvalue weighted by Gasteiger charge is 2.32. The molecule has 2 aliphatic carbocycles. The van der Waals surface area contributed by atoms with Crippen LogP contribution < -0.4 is 26.0 Å². The number of hydrogen-bond donors (Lipinski definition) is 5. The number of sulfonamides is 1. The van der Waals surface area contributed by atoms with Crippen LogP contribution >= 0.6 is 0 Å². The number of carbonyl (C=O) groups is 2. The molecule has 3 aliphatic rings. The van der Waals surface area contributed by atoms with Crippen LogP contribution in [0.25, 0.3) is 11.7 Å². The number of hydrogen-bond acceptors (Lipinski definition) is 8. The van der Waals surface area contributed by atoms with E-state index in [1.165, 1.54) is 6.08 Å². The Labute approximate surface area is 215 Å². The maximum atomic E-state index is 12.4. The monoisotopic (exact) mass is 556 g/mol. The van der Waals surface area contributed by atoms with Crippen molar-refractivity contribution in [3.63, 3.8) is 0 Å². The summed E-state index contributed by atoms with van der Waals surface area (Å²) in [5, 5.41) is 15.8. The van der Waals surface area contributed by atoms with Crippen LogP contribution in [0.15, 0.2) is 18.0 Å². The van der Waals surface area contributed by atoms with Crippen molar-refractivity contribution in [1.82, 2.24) is 30.0 Å². The molecule has 3 heterocycles. The summed E-state index contributed by atoms with van der Waals surface area (Å²) >= 11 is 0. The van der Waals surface area contributed by atoms with E-state index in [1.807, 2.05) is 6.07 Å². The highest BCUT2D eigenvalue weighted by atomic mass is 32.2. The summed E-state index contributed by atoms with van der Waals surface area (Å²) in [6.45, 7) is 0. The summed E-state index contributed by atoms with van der Waals surface area (Å²) in [6, 6.07) is 1.09. The van der Waals surface area contributed by atoms with E-state index in [4.69, 9.17) is 0 Å². The summed E-state index contributed by atoms with van der Waals surface area (Å²) < 4.78 is 65.3. The fourth-order valence-corrected chi connectivity index (χ4v) is 5.82. The number of carbonyl (C=O) groups excluding carboxylic acids is 2. The van der Waals surface area contributed by atoms with E-state index >= 15 is 0 Å². The minimum absolute atomic E-state index is 0.0284. The molecule has 12 nitrogen and oxygen atoms in total. The summed E-state index contributed by atoms with van der Waals surface area (Å²) in [7, 11) is -4.02. The van der Waals surface area contributed by atoms with E-state index in [0.29, 0.717) is 54.6 Å². The van der Waals surface area contributed by atoms with Crippen LogP contribution in [0, 0.1) is 0 Å². The number of urea groups is 1. The number of amides is 3. The molecule has 3 amide bonds. The fourth-order valence-electron chi connectivity index (χ4n) is 4.46. The Bertz CT molecular complexity index is 1380. The molecule has 0 unspecified atom stereocenters. The lowest BCUT2D eigenvalue weighted by Gasteiger charge is -2.30. The largest absolute Gasteiger partial charge is 0.390 e. The Hall–Kier alpha value is -3.40. The highest BCUT2D eigenvalue weighted by molar-refractivity contribution is 7.89. The lowest BCUT2D eigenvalue weighted by molar-refractivity contribution is -0.130. The standard InChI is InChI=1S/C22H27F3N8O4S/c23-22(24,25)7-8-38(36,37)32-15-5-3-13(4-6-15)27-17-10-18(28-14-1-2-14)33-19(30-17)12(11-26-33)9-16-20(34)31-21(35)29-16/h9-11,13-15,28,32H,1-8H2,(H,27,30)(H2,29,31,34,35)/b16-9-/t13-,15-. The summed E-state index contributed by atoms with van der Waals surface area (Å²) in [6.07, 6.45) is 1.31. The molecule has 0 bridgehead atoms. The van der Waals surface area contributed by atoms with Crippen LogP contribution in [-0.4, -0.2) is 65.0 Å². The minimum atomic E-state index is -4.53. The molecule has 3 fully saturated rings. The Balaban J connectivity index is 1.28. The smallest absolute Gasteiger partial charge is 0.367 e. The topological polar surface area (TPSA) is 159 Å². The van der Waals surface area contributed by atoms with Crippen molar-refractivity contribution in [2.75, 3.05) is 16.4 Å². The first kappa shape index (κ1) is 26.2. The van der Waals surface area contributed by atoms with E-state index in [2.05, 4.69) is 36.1 Å². The van der Waals surface area contributed by atoms with Gasteiger partial charge in [-0.3, -0.25) is 10.1 Å². The third-order valence-electron chi connectivity index (χ3n) is 6.53. The van der Waals surface area contributed by atoms with Crippen LogP contribution in [0.3, 0.4) is 0 Å². The second kappa shape index (κ2) is 10.1. The predicted octanol–water partition coefficient (Wildman–Crippen LogP) is 2.08. The molecular weight excluding hydrogens is 529 g/mol. The number of nitrogens with one attached hydrogen (secondary N) is 5. The zero-order valence-electron chi connectivity index (χ0n) is 20.1. The molecule has 5 rings (SSSR count). The molecule has 2 saturated carbocycles. The molecule has 0 aromatic carbocycles. The number of anilines is 2. The Morgan fingerprint density at radius 2 is 1.68 bits per heavy atom. The van der Waals surface area contributed by atoms with Gasteiger partial charge in [0.25, 0.3) is 5.91 Å². The van der Waals surface area contributed by atoms with Gasteiger partial charge >= 0.3 is 12.2 Å². The van der Waals surface area contributed by atoms with Gasteiger partial charge < -0.3 is 16.0 Å². The maximum Gasteiger partial charge on any atom is 0.390 e. The number of halogens is 3. The number of aromatic nitrogens is 3. The van der Waals surface area contributed by atoms with Crippen molar-refractivity contribution in [3.05, 3.63) is 23.5 Å². The van der Waals surface area contributed by atoms with Crippen molar-refractivity contribution in [2.45, 2.75) is 69.2 Å². The van der Waals surface area contributed by atoms with Gasteiger partial charge in [0, 0.05) is 29.8 Å². The van der Waals surface area contributed by atoms with Crippen LogP contribution in [0.5, 0.6) is 0 Å². The summed E-state index contributed by atoms with van der Waals surface area (Å²) in [5.74, 6) is -0.277. The van der Waals surface area contributed by atoms with Gasteiger partial charge in [-0.15, -0.1) is 0 Å². The molecule has 38 heavy (non-hydrogen) atoms. The maximum absolute atomic E-state index is 12.4. The van der Waals surface area contributed by atoms with Gasteiger partial charge in [-0.05, 0) is 44.6 Å². The van der Waals surface area contributed by atoms with Crippen molar-refractivity contribution >= 4 is 45.3 Å². The molecule has 0 atom stereocenters. The first-order valence-electron chi connectivity index (χ1n) is 12.3. The molecule has 16 heteroatoms. The Morgan fingerprint density at radius 3 is 2.32 bits per heavy atom. The molecule has 2 aromatic rings. The molecular formula is C22H27F3N8O4S. The molecule has 0 radical (unpaired) electrons. The molecule has 1 saturated heterocycles. The van der Waals surface area contributed by atoms with E-state index in [0.717, 1.165) is 12.8 Å². The lowest BCUT2D eigenvalue weighted by Crippen LogP contribution is -2.41. The average Bonchev–Trinajstić information content (AvgIpc) is 3.47. The first-order chi connectivity index (χ1) is 17.9. The van der Waals surface area contributed by atoms with E-state index in [9.17, 15) is 31.2 Å². The van der Waals surface area contributed by atoms with Gasteiger partial charge in [0.15, 0.2) is 5.65 Å². The zero-order chi connectivity index (χ0) is 27.1. The third-order valence-corrected chi connectivity index (χ3v) is 7.96. The fraction of sp³-hybridized carbons (Fsp3) is 0.545. The van der Waals surface area contributed by atoms with Crippen molar-refractivity contribution in [1.29, 1.82) is 0 Å². The number of imide groups is 1. The minimum Gasteiger partial charge on any atom is -0.367 e. The van der Waals surface area contributed by atoms with Crippen molar-refractivity contribution < 1.29 is 31.2 Å². The quantitative estimate of drug-likeness (QED) is 0.232. The van der Waals surface area contributed by atoms with Crippen molar-refractivity contribution in [2.24, 2.45) is 0 Å². The van der Waals surface area contributed by atoms with Crippen LogP contribution in [0.4, 0.5) is 29.6 Å². The summed E-state index contributed by atoms with van der Waals surface area (Å²) in [5.41, 5.74) is 1.07. The third kappa shape index (κ3) is 6.53. The van der Waals surface area contributed by atoms with Crippen LogP contribution in [-0.2, 0) is 14.8 Å². The Kier molecular flexibility index (Phi) is 6.94. The second-order valence-electron chi connectivity index (χ2n) is 9.74. The normalized spacial score (nSPS) is 23.5. The molecule has 0 spiro atoms. The van der Waals surface area contributed by atoms with Crippen molar-refractivity contribution in [3.8, 4) is 0 Å². The number of alkyl halides is 3.